The quantitative estimate of drug-likeness (QED) is 0.252. The smallest absolute Gasteiger partial charge is 0.285 e. The molecule has 3 aromatic carbocycles. The molecule has 0 saturated heterocycles. The van der Waals surface area contributed by atoms with Gasteiger partial charge in [0.15, 0.2) is 5.84 Å². The Kier molecular flexibility index (Phi) is 7.54. The number of halogens is 2. The van der Waals surface area contributed by atoms with Gasteiger partial charge in [0.1, 0.15) is 5.70 Å². The largest absolute Gasteiger partial charge is 0.378 e. The van der Waals surface area contributed by atoms with Crippen LogP contribution in [-0.2, 0) is 4.79 Å². The van der Waals surface area contributed by atoms with Gasteiger partial charge >= 0.3 is 0 Å². The summed E-state index contributed by atoms with van der Waals surface area (Å²) in [5.74, 6) is 0.146. The second-order valence-electron chi connectivity index (χ2n) is 9.07. The van der Waals surface area contributed by atoms with E-state index in [2.05, 4.69) is 15.2 Å². The van der Waals surface area contributed by atoms with Gasteiger partial charge < -0.3 is 4.90 Å². The molecular formula is C30H24Cl2N6O. The van der Waals surface area contributed by atoms with Crippen molar-refractivity contribution in [1.82, 2.24) is 15.2 Å². The monoisotopic (exact) mass is 554 g/mol. The average Bonchev–Trinajstić information content (AvgIpc) is 3.25. The fraction of sp³-hybridized carbons (Fsp3) is 0.100. The van der Waals surface area contributed by atoms with Gasteiger partial charge in [-0.05, 0) is 78.7 Å². The first kappa shape index (κ1) is 26.3. The van der Waals surface area contributed by atoms with Gasteiger partial charge in [0.25, 0.3) is 11.9 Å². The topological polar surface area (TPSA) is 74.6 Å². The van der Waals surface area contributed by atoms with E-state index in [0.29, 0.717) is 32.8 Å². The van der Waals surface area contributed by atoms with Gasteiger partial charge in [-0.25, -0.2) is 14.9 Å². The summed E-state index contributed by atoms with van der Waals surface area (Å²) in [6, 6.07) is 22.4. The van der Waals surface area contributed by atoms with E-state index >= 15 is 0 Å². The first-order valence-electron chi connectivity index (χ1n) is 12.1. The van der Waals surface area contributed by atoms with E-state index in [1.165, 1.54) is 4.90 Å². The number of amidine groups is 1. The Balaban J connectivity index is 1.52. The third-order valence-corrected chi connectivity index (χ3v) is 6.56. The molecule has 1 aliphatic rings. The van der Waals surface area contributed by atoms with E-state index in [1.807, 2.05) is 74.5 Å². The van der Waals surface area contributed by atoms with Crippen LogP contribution in [0.1, 0.15) is 28.1 Å². The summed E-state index contributed by atoms with van der Waals surface area (Å²) in [5, 5.41) is 9.73. The number of amides is 1. The molecule has 194 valence electrons. The molecule has 1 aromatic heterocycles. The van der Waals surface area contributed by atoms with Gasteiger partial charge in [-0.2, -0.15) is 0 Å². The van der Waals surface area contributed by atoms with Crippen LogP contribution < -0.4 is 9.80 Å². The van der Waals surface area contributed by atoms with Crippen LogP contribution in [-0.4, -0.2) is 41.0 Å². The van der Waals surface area contributed by atoms with Gasteiger partial charge in [-0.3, -0.25) is 4.79 Å². The van der Waals surface area contributed by atoms with Crippen molar-refractivity contribution in [2.45, 2.75) is 6.92 Å². The van der Waals surface area contributed by atoms with Crippen molar-refractivity contribution < 1.29 is 4.79 Å². The van der Waals surface area contributed by atoms with Crippen LogP contribution in [0.2, 0.25) is 10.0 Å². The number of hydrogen-bond donors (Lipinski definition) is 0. The Morgan fingerprint density at radius 3 is 2.05 bits per heavy atom. The van der Waals surface area contributed by atoms with Crippen LogP contribution in [0.4, 0.5) is 11.6 Å². The normalized spacial score (nSPS) is 14.4. The highest BCUT2D eigenvalue weighted by Gasteiger charge is 2.35. The Hall–Kier alpha value is -4.33. The number of rotatable bonds is 6. The number of aromatic nitrogens is 3. The molecule has 0 aliphatic carbocycles. The molecule has 0 spiro atoms. The number of anilines is 2. The Bertz CT molecular complexity index is 1610. The lowest BCUT2D eigenvalue weighted by Gasteiger charge is -2.16. The minimum Gasteiger partial charge on any atom is -0.378 e. The number of carbonyl (C=O) groups is 1. The molecule has 39 heavy (non-hydrogen) atoms. The molecule has 0 N–H and O–H groups in total. The van der Waals surface area contributed by atoms with Crippen LogP contribution >= 0.6 is 23.2 Å². The van der Waals surface area contributed by atoms with E-state index < -0.39 is 0 Å². The lowest BCUT2D eigenvalue weighted by Crippen LogP contribution is -2.34. The van der Waals surface area contributed by atoms with Crippen LogP contribution in [0.5, 0.6) is 0 Å². The molecule has 0 radical (unpaired) electrons. The van der Waals surface area contributed by atoms with Gasteiger partial charge in [-0.1, -0.05) is 53.5 Å². The molecule has 7 nitrogen and oxygen atoms in total. The maximum absolute atomic E-state index is 13.7. The third kappa shape index (κ3) is 5.90. The Morgan fingerprint density at radius 1 is 0.795 bits per heavy atom. The SMILES string of the molecule is Cc1nnc(N2C(=O)/C(=C/c3ccc(Cl)cc3)N=C2c2ccc(Cl)cc2)nc1/C=C\c1ccc(N(C)C)cc1. The molecule has 0 bridgehead atoms. The first-order valence-corrected chi connectivity index (χ1v) is 12.9. The average molecular weight is 555 g/mol. The van der Waals surface area contributed by atoms with Crippen LogP contribution in [0.15, 0.2) is 83.5 Å². The molecule has 0 atom stereocenters. The van der Waals surface area contributed by atoms with Crippen molar-refractivity contribution in [3.63, 3.8) is 0 Å². The summed E-state index contributed by atoms with van der Waals surface area (Å²) in [5.41, 5.74) is 5.06. The van der Waals surface area contributed by atoms with Crippen LogP contribution in [0, 0.1) is 6.92 Å². The summed E-state index contributed by atoms with van der Waals surface area (Å²) in [7, 11) is 4.00. The second kappa shape index (κ2) is 11.2. The number of aliphatic imine (C=N–C) groups is 1. The van der Waals surface area contributed by atoms with Gasteiger partial charge in [-0.15, -0.1) is 10.2 Å². The highest BCUT2D eigenvalue weighted by Crippen LogP contribution is 2.27. The lowest BCUT2D eigenvalue weighted by atomic mass is 10.1. The zero-order chi connectivity index (χ0) is 27.5. The lowest BCUT2D eigenvalue weighted by molar-refractivity contribution is -0.113. The molecule has 4 aromatic rings. The summed E-state index contributed by atoms with van der Waals surface area (Å²) >= 11 is 12.1. The van der Waals surface area contributed by atoms with Crippen molar-refractivity contribution in [2.24, 2.45) is 4.99 Å². The van der Waals surface area contributed by atoms with E-state index in [4.69, 9.17) is 28.2 Å². The minimum atomic E-state index is -0.366. The summed E-state index contributed by atoms with van der Waals surface area (Å²) in [6.45, 7) is 1.82. The third-order valence-electron chi connectivity index (χ3n) is 6.06. The zero-order valence-electron chi connectivity index (χ0n) is 21.5. The molecule has 0 unspecified atom stereocenters. The van der Waals surface area contributed by atoms with Gasteiger partial charge in [0.05, 0.1) is 11.4 Å². The summed E-state index contributed by atoms with van der Waals surface area (Å²) < 4.78 is 0. The second-order valence-corrected chi connectivity index (χ2v) is 9.94. The first-order chi connectivity index (χ1) is 18.8. The Morgan fingerprint density at radius 2 is 1.41 bits per heavy atom. The van der Waals surface area contributed by atoms with E-state index in [9.17, 15) is 4.79 Å². The number of carbonyl (C=O) groups excluding carboxylic acids is 1. The minimum absolute atomic E-state index is 0.126. The molecular weight excluding hydrogens is 531 g/mol. The highest BCUT2D eigenvalue weighted by atomic mass is 35.5. The summed E-state index contributed by atoms with van der Waals surface area (Å²) in [4.78, 5) is 26.4. The molecule has 1 aliphatic heterocycles. The van der Waals surface area contributed by atoms with Gasteiger partial charge in [0, 0.05) is 35.4 Å². The maximum atomic E-state index is 13.7. The maximum Gasteiger partial charge on any atom is 0.285 e. The van der Waals surface area contributed by atoms with Crippen molar-refractivity contribution >= 4 is 64.8 Å². The highest BCUT2D eigenvalue weighted by molar-refractivity contribution is 6.33. The standard InChI is InChI=1S/C30H24Cl2N6O/c1-19-26(17-8-20-6-15-25(16-7-20)37(2)3)34-30(36-35-19)38-28(22-9-13-24(32)14-10-22)33-27(29(38)39)18-21-4-11-23(31)12-5-21/h4-18H,1-3H3/b17-8-,27-18-. The molecule has 5 rings (SSSR count). The van der Waals surface area contributed by atoms with Crippen molar-refractivity contribution in [3.8, 4) is 0 Å². The number of aryl methyl sites for hydroxylation is 1. The van der Waals surface area contributed by atoms with E-state index in [0.717, 1.165) is 16.8 Å². The molecule has 0 saturated carbocycles. The van der Waals surface area contributed by atoms with Crippen molar-refractivity contribution in [1.29, 1.82) is 0 Å². The molecule has 2 heterocycles. The fourth-order valence-corrected chi connectivity index (χ4v) is 4.16. The predicted octanol–water partition coefficient (Wildman–Crippen LogP) is 6.56. The van der Waals surface area contributed by atoms with E-state index in [1.54, 1.807) is 42.5 Å². The zero-order valence-corrected chi connectivity index (χ0v) is 23.0. The predicted molar refractivity (Wildman–Crippen MR) is 159 cm³/mol. The number of nitrogens with zero attached hydrogens (tertiary/aromatic N) is 6. The van der Waals surface area contributed by atoms with Crippen LogP contribution in [0.25, 0.3) is 18.2 Å². The fourth-order valence-electron chi connectivity index (χ4n) is 3.90. The molecule has 1 amide bonds. The van der Waals surface area contributed by atoms with Gasteiger partial charge in [0.2, 0.25) is 0 Å². The number of benzene rings is 3. The summed E-state index contributed by atoms with van der Waals surface area (Å²) in [6.07, 6.45) is 5.52. The Labute approximate surface area is 236 Å². The molecule has 0 fully saturated rings. The molecule has 9 heteroatoms. The van der Waals surface area contributed by atoms with Crippen LogP contribution in [0.3, 0.4) is 0 Å². The van der Waals surface area contributed by atoms with Crippen molar-refractivity contribution in [3.05, 3.63) is 117 Å². The van der Waals surface area contributed by atoms with E-state index in [-0.39, 0.29) is 17.6 Å². The number of hydrogen-bond acceptors (Lipinski definition) is 6. The van der Waals surface area contributed by atoms with Crippen molar-refractivity contribution in [2.75, 3.05) is 23.9 Å².